The Morgan fingerprint density at radius 3 is 2.77 bits per heavy atom. The Balaban J connectivity index is 1.30. The molecule has 0 bridgehead atoms. The summed E-state index contributed by atoms with van der Waals surface area (Å²) in [5.41, 5.74) is 3.13. The predicted octanol–water partition coefficient (Wildman–Crippen LogP) is 3.98. The third-order valence-corrected chi connectivity index (χ3v) is 4.74. The lowest BCUT2D eigenvalue weighted by molar-refractivity contribution is 0.201. The van der Waals surface area contributed by atoms with Gasteiger partial charge in [-0.05, 0) is 50.3 Å². The van der Waals surface area contributed by atoms with Crippen LogP contribution in [-0.2, 0) is 13.1 Å². The number of nitrogens with zero attached hydrogens (tertiary/aromatic N) is 2. The van der Waals surface area contributed by atoms with Gasteiger partial charge in [-0.1, -0.05) is 6.07 Å². The molecule has 0 unspecified atom stereocenters. The Hall–Kier alpha value is -2.60. The molecule has 26 heavy (non-hydrogen) atoms. The van der Waals surface area contributed by atoms with Crippen LogP contribution in [0.1, 0.15) is 42.6 Å². The van der Waals surface area contributed by atoms with Crippen LogP contribution in [0, 0.1) is 6.92 Å². The number of aromatic nitrogens is 3. The summed E-state index contributed by atoms with van der Waals surface area (Å²) in [5.74, 6) is 2.43. The van der Waals surface area contributed by atoms with Crippen molar-refractivity contribution < 1.29 is 9.15 Å². The molecule has 136 valence electrons. The van der Waals surface area contributed by atoms with Crippen molar-refractivity contribution in [1.82, 2.24) is 20.5 Å². The van der Waals surface area contributed by atoms with Crippen molar-refractivity contribution in [1.29, 1.82) is 0 Å². The lowest BCUT2D eigenvalue weighted by Crippen LogP contribution is -2.14. The van der Waals surface area contributed by atoms with E-state index in [1.807, 2.05) is 37.5 Å². The number of nitrogens with one attached hydrogen (secondary N) is 2. The quantitative estimate of drug-likeness (QED) is 0.672. The topological polar surface area (TPSA) is 76.0 Å². The van der Waals surface area contributed by atoms with Crippen molar-refractivity contribution in [2.75, 3.05) is 0 Å². The molecular formula is C20H24N4O2. The van der Waals surface area contributed by atoms with Gasteiger partial charge in [0.05, 0.1) is 6.20 Å². The predicted molar refractivity (Wildman–Crippen MR) is 98.7 cm³/mol. The maximum absolute atomic E-state index is 5.91. The van der Waals surface area contributed by atoms with E-state index >= 15 is 0 Å². The Labute approximate surface area is 153 Å². The summed E-state index contributed by atoms with van der Waals surface area (Å²) in [6, 6.07) is 7.94. The molecule has 0 amide bonds. The van der Waals surface area contributed by atoms with E-state index in [4.69, 9.17) is 9.15 Å². The lowest BCUT2D eigenvalue weighted by atomic mass is 10.2. The van der Waals surface area contributed by atoms with Crippen LogP contribution >= 0.6 is 0 Å². The number of hydrogen-bond donors (Lipinski definition) is 2. The van der Waals surface area contributed by atoms with Crippen LogP contribution in [-0.4, -0.2) is 21.3 Å². The Morgan fingerprint density at radius 1 is 1.15 bits per heavy atom. The zero-order valence-electron chi connectivity index (χ0n) is 15.0. The molecule has 4 rings (SSSR count). The number of ether oxygens (including phenoxy) is 1. The highest BCUT2D eigenvalue weighted by Crippen LogP contribution is 2.24. The van der Waals surface area contributed by atoms with Gasteiger partial charge in [-0.3, -0.25) is 5.10 Å². The number of rotatable bonds is 7. The molecule has 3 aromatic heterocycles. The van der Waals surface area contributed by atoms with Gasteiger partial charge >= 0.3 is 0 Å². The summed E-state index contributed by atoms with van der Waals surface area (Å²) in [5, 5.41) is 10.6. The second kappa shape index (κ2) is 7.74. The van der Waals surface area contributed by atoms with Gasteiger partial charge in [0, 0.05) is 30.9 Å². The first-order chi connectivity index (χ1) is 12.8. The minimum Gasteiger partial charge on any atom is -0.474 e. The number of furan rings is 1. The molecule has 6 heteroatoms. The largest absolute Gasteiger partial charge is 0.474 e. The van der Waals surface area contributed by atoms with Gasteiger partial charge in [0.2, 0.25) is 5.88 Å². The molecule has 0 atom stereocenters. The van der Waals surface area contributed by atoms with Crippen LogP contribution in [0.5, 0.6) is 5.88 Å². The molecule has 0 radical (unpaired) electrons. The van der Waals surface area contributed by atoms with Crippen molar-refractivity contribution >= 4 is 0 Å². The van der Waals surface area contributed by atoms with Crippen LogP contribution in [0.4, 0.5) is 0 Å². The molecule has 0 spiro atoms. The van der Waals surface area contributed by atoms with Gasteiger partial charge in [0.25, 0.3) is 0 Å². The third kappa shape index (κ3) is 3.96. The van der Waals surface area contributed by atoms with E-state index in [0.717, 1.165) is 53.6 Å². The first-order valence-corrected chi connectivity index (χ1v) is 9.19. The number of aromatic amines is 1. The van der Waals surface area contributed by atoms with E-state index in [2.05, 4.69) is 26.6 Å². The Kier molecular flexibility index (Phi) is 5.02. The Morgan fingerprint density at radius 2 is 2.04 bits per heavy atom. The van der Waals surface area contributed by atoms with E-state index in [9.17, 15) is 0 Å². The van der Waals surface area contributed by atoms with Crippen molar-refractivity contribution in [3.05, 3.63) is 53.5 Å². The molecule has 0 aliphatic heterocycles. The monoisotopic (exact) mass is 352 g/mol. The molecule has 0 aromatic carbocycles. The summed E-state index contributed by atoms with van der Waals surface area (Å²) in [6.45, 7) is 3.37. The van der Waals surface area contributed by atoms with E-state index in [1.54, 1.807) is 0 Å². The summed E-state index contributed by atoms with van der Waals surface area (Å²) >= 11 is 0. The molecule has 1 aliphatic carbocycles. The highest BCUT2D eigenvalue weighted by atomic mass is 16.5. The molecule has 1 aliphatic rings. The molecule has 1 saturated carbocycles. The minimum atomic E-state index is 0.344. The van der Waals surface area contributed by atoms with Crippen LogP contribution in [0.25, 0.3) is 11.5 Å². The smallest absolute Gasteiger partial charge is 0.213 e. The summed E-state index contributed by atoms with van der Waals surface area (Å²) < 4.78 is 11.6. The van der Waals surface area contributed by atoms with Crippen LogP contribution in [0.3, 0.4) is 0 Å². The lowest BCUT2D eigenvalue weighted by Gasteiger charge is -2.12. The first kappa shape index (κ1) is 16.8. The number of H-pyrrole nitrogens is 1. The maximum atomic E-state index is 5.91. The van der Waals surface area contributed by atoms with Gasteiger partial charge < -0.3 is 14.5 Å². The fraction of sp³-hybridized carbons (Fsp3) is 0.400. The van der Waals surface area contributed by atoms with Crippen molar-refractivity contribution in [2.24, 2.45) is 0 Å². The normalized spacial score (nSPS) is 14.8. The standard InChI is InChI=1S/C20H24N4O2/c1-14-6-8-18(25-14)20-16(13-23-24-20)12-21-10-15-7-9-19(22-11-15)26-17-4-2-3-5-17/h6-9,11,13,17,21H,2-5,10,12H2,1H3,(H,23,24). The Bertz CT molecular complexity index is 832. The maximum Gasteiger partial charge on any atom is 0.213 e. The molecule has 0 saturated heterocycles. The SMILES string of the molecule is Cc1ccc(-c2[nH]ncc2CNCc2ccc(OC3CCCC3)nc2)o1. The summed E-state index contributed by atoms with van der Waals surface area (Å²) in [4.78, 5) is 4.43. The molecule has 3 heterocycles. The molecule has 2 N–H and O–H groups in total. The van der Waals surface area contributed by atoms with Gasteiger partial charge in [0.15, 0.2) is 5.76 Å². The van der Waals surface area contributed by atoms with Gasteiger partial charge in [-0.25, -0.2) is 4.98 Å². The highest BCUT2D eigenvalue weighted by molar-refractivity contribution is 5.56. The van der Waals surface area contributed by atoms with Crippen LogP contribution in [0.15, 0.2) is 41.1 Å². The number of aryl methyl sites for hydroxylation is 1. The van der Waals surface area contributed by atoms with Crippen LogP contribution in [0.2, 0.25) is 0 Å². The summed E-state index contributed by atoms with van der Waals surface area (Å²) in [6.07, 6.45) is 8.87. The average Bonchev–Trinajstić information content (AvgIpc) is 3.38. The van der Waals surface area contributed by atoms with Crippen LogP contribution < -0.4 is 10.1 Å². The molecule has 6 nitrogen and oxygen atoms in total. The van der Waals surface area contributed by atoms with E-state index < -0.39 is 0 Å². The molecule has 1 fully saturated rings. The highest BCUT2D eigenvalue weighted by Gasteiger charge is 2.16. The second-order valence-corrected chi connectivity index (χ2v) is 6.81. The summed E-state index contributed by atoms with van der Waals surface area (Å²) in [7, 11) is 0. The van der Waals surface area contributed by atoms with Gasteiger partial charge in [-0.15, -0.1) is 0 Å². The van der Waals surface area contributed by atoms with Crippen molar-refractivity contribution in [3.8, 4) is 17.3 Å². The zero-order chi connectivity index (χ0) is 17.8. The van der Waals surface area contributed by atoms with Gasteiger partial charge in [-0.2, -0.15) is 5.10 Å². The average molecular weight is 352 g/mol. The second-order valence-electron chi connectivity index (χ2n) is 6.81. The zero-order valence-corrected chi connectivity index (χ0v) is 15.0. The van der Waals surface area contributed by atoms with E-state index in [-0.39, 0.29) is 0 Å². The van der Waals surface area contributed by atoms with Gasteiger partial charge in [0.1, 0.15) is 17.6 Å². The molecular weight excluding hydrogens is 328 g/mol. The first-order valence-electron chi connectivity index (χ1n) is 9.19. The molecule has 3 aromatic rings. The van der Waals surface area contributed by atoms with E-state index in [1.165, 1.54) is 12.8 Å². The number of hydrogen-bond acceptors (Lipinski definition) is 5. The fourth-order valence-electron chi connectivity index (χ4n) is 3.33. The minimum absolute atomic E-state index is 0.344. The fourth-order valence-corrected chi connectivity index (χ4v) is 3.33. The van der Waals surface area contributed by atoms with Crippen molar-refractivity contribution in [3.63, 3.8) is 0 Å². The number of pyridine rings is 1. The third-order valence-electron chi connectivity index (χ3n) is 4.74. The van der Waals surface area contributed by atoms with E-state index in [0.29, 0.717) is 12.6 Å². The van der Waals surface area contributed by atoms with Crippen molar-refractivity contribution in [2.45, 2.75) is 51.8 Å².